The van der Waals surface area contributed by atoms with Crippen LogP contribution in [0.1, 0.15) is 11.1 Å². The van der Waals surface area contributed by atoms with Gasteiger partial charge in [-0.15, -0.1) is 10.2 Å². The number of hydrogen-bond donors (Lipinski definition) is 1. The average Bonchev–Trinajstić information content (AvgIpc) is 3.36. The van der Waals surface area contributed by atoms with Crippen LogP contribution >= 0.6 is 11.8 Å². The number of carbonyl (C=O) groups excluding carboxylic acids is 1. The summed E-state index contributed by atoms with van der Waals surface area (Å²) in [4.78, 5) is 12.5. The highest BCUT2D eigenvalue weighted by Crippen LogP contribution is 2.41. The van der Waals surface area contributed by atoms with Gasteiger partial charge in [-0.3, -0.25) is 9.36 Å². The van der Waals surface area contributed by atoms with Crippen molar-refractivity contribution in [2.45, 2.75) is 12.1 Å². The average molecular weight is 518 g/mol. The topological polar surface area (TPSA) is 99.9 Å². The van der Waals surface area contributed by atoms with Crippen molar-refractivity contribution in [1.82, 2.24) is 20.2 Å². The molecule has 1 amide bonds. The van der Waals surface area contributed by atoms with Gasteiger partial charge in [0.25, 0.3) is 5.91 Å². The van der Waals surface area contributed by atoms with Crippen LogP contribution in [0.4, 0.5) is 0 Å². The highest BCUT2D eigenvalue weighted by atomic mass is 32.2. The van der Waals surface area contributed by atoms with Crippen molar-refractivity contribution < 1.29 is 19.0 Å². The summed E-state index contributed by atoms with van der Waals surface area (Å²) in [5.74, 6) is 1.89. The number of aryl methyl sites for hydroxylation is 1. The molecule has 10 heteroatoms. The fraction of sp³-hybridized carbons (Fsp3) is 0.185. The summed E-state index contributed by atoms with van der Waals surface area (Å²) in [6.45, 7) is 2.02. The number of hydrazone groups is 1. The number of ether oxygens (including phenoxy) is 3. The number of rotatable bonds is 10. The highest BCUT2D eigenvalue weighted by Gasteiger charge is 2.21. The molecule has 4 aromatic rings. The van der Waals surface area contributed by atoms with Crippen LogP contribution < -0.4 is 19.6 Å². The fourth-order valence-electron chi connectivity index (χ4n) is 3.56. The Balaban J connectivity index is 1.59. The lowest BCUT2D eigenvalue weighted by Crippen LogP contribution is -2.20. The second kappa shape index (κ2) is 12.1. The molecule has 0 aliphatic carbocycles. The van der Waals surface area contributed by atoms with E-state index in [1.807, 2.05) is 78.2 Å². The van der Waals surface area contributed by atoms with E-state index in [1.54, 1.807) is 27.5 Å². The molecule has 4 rings (SSSR count). The number of benzene rings is 3. The molecule has 0 atom stereocenters. The quantitative estimate of drug-likeness (QED) is 0.188. The highest BCUT2D eigenvalue weighted by molar-refractivity contribution is 7.99. The first-order valence-electron chi connectivity index (χ1n) is 11.4. The van der Waals surface area contributed by atoms with Crippen molar-refractivity contribution in [3.8, 4) is 34.3 Å². The lowest BCUT2D eigenvalue weighted by Gasteiger charge is -2.15. The summed E-state index contributed by atoms with van der Waals surface area (Å²) in [5, 5.41) is 13.4. The maximum Gasteiger partial charge on any atom is 0.250 e. The van der Waals surface area contributed by atoms with Crippen molar-refractivity contribution in [2.24, 2.45) is 5.10 Å². The molecule has 0 unspecified atom stereocenters. The molecular formula is C27H27N5O4S. The third kappa shape index (κ3) is 6.10. The molecular weight excluding hydrogens is 490 g/mol. The van der Waals surface area contributed by atoms with Gasteiger partial charge in [0.05, 0.1) is 33.3 Å². The number of aromatic nitrogens is 3. The van der Waals surface area contributed by atoms with E-state index in [0.29, 0.717) is 33.8 Å². The van der Waals surface area contributed by atoms with Gasteiger partial charge in [0.2, 0.25) is 5.75 Å². The van der Waals surface area contributed by atoms with E-state index in [0.717, 1.165) is 16.8 Å². The maximum absolute atomic E-state index is 12.5. The lowest BCUT2D eigenvalue weighted by atomic mass is 10.1. The van der Waals surface area contributed by atoms with Crippen LogP contribution in [0.5, 0.6) is 17.2 Å². The molecule has 0 aliphatic heterocycles. The van der Waals surface area contributed by atoms with Crippen LogP contribution in [0.25, 0.3) is 17.1 Å². The molecule has 190 valence electrons. The van der Waals surface area contributed by atoms with Gasteiger partial charge in [-0.1, -0.05) is 59.8 Å². The van der Waals surface area contributed by atoms with E-state index >= 15 is 0 Å². The SMILES string of the molecule is COc1cc(-c2nnc(SCC(=O)N/N=C\c3ccc(C)cc3)n2-c2ccccc2)cc(OC)c1OC. The molecule has 0 saturated carbocycles. The van der Waals surface area contributed by atoms with Crippen molar-refractivity contribution in [3.63, 3.8) is 0 Å². The first kappa shape index (κ1) is 25.8. The Morgan fingerprint density at radius 1 is 0.973 bits per heavy atom. The molecule has 1 aromatic heterocycles. The van der Waals surface area contributed by atoms with Crippen LogP contribution in [0, 0.1) is 6.92 Å². The molecule has 1 N–H and O–H groups in total. The lowest BCUT2D eigenvalue weighted by molar-refractivity contribution is -0.118. The summed E-state index contributed by atoms with van der Waals surface area (Å²) in [7, 11) is 4.67. The Labute approximate surface area is 219 Å². The van der Waals surface area contributed by atoms with Crippen LogP contribution in [0.3, 0.4) is 0 Å². The number of thioether (sulfide) groups is 1. The minimum absolute atomic E-state index is 0.103. The van der Waals surface area contributed by atoms with Gasteiger partial charge in [-0.05, 0) is 36.8 Å². The summed E-state index contributed by atoms with van der Waals surface area (Å²) in [5.41, 5.74) is 6.18. The Morgan fingerprint density at radius 2 is 1.65 bits per heavy atom. The second-order valence-electron chi connectivity index (χ2n) is 7.88. The monoisotopic (exact) mass is 517 g/mol. The van der Waals surface area contributed by atoms with Crippen molar-refractivity contribution in [3.05, 3.63) is 77.9 Å². The van der Waals surface area contributed by atoms with Crippen molar-refractivity contribution in [1.29, 1.82) is 0 Å². The maximum atomic E-state index is 12.5. The smallest absolute Gasteiger partial charge is 0.250 e. The normalized spacial score (nSPS) is 10.9. The predicted octanol–water partition coefficient (Wildman–Crippen LogP) is 4.51. The summed E-state index contributed by atoms with van der Waals surface area (Å²) in [6.07, 6.45) is 1.61. The van der Waals surface area contributed by atoms with Crippen LogP contribution in [-0.2, 0) is 4.79 Å². The number of hydrogen-bond acceptors (Lipinski definition) is 8. The molecule has 0 fully saturated rings. The largest absolute Gasteiger partial charge is 0.493 e. The molecule has 3 aromatic carbocycles. The van der Waals surface area contributed by atoms with Gasteiger partial charge < -0.3 is 14.2 Å². The summed E-state index contributed by atoms with van der Waals surface area (Å²) < 4.78 is 18.4. The molecule has 0 saturated heterocycles. The summed E-state index contributed by atoms with van der Waals surface area (Å²) in [6, 6.07) is 21.1. The number of carbonyl (C=O) groups is 1. The van der Waals surface area contributed by atoms with Crippen molar-refractivity contribution >= 4 is 23.9 Å². The molecule has 9 nitrogen and oxygen atoms in total. The number of para-hydroxylation sites is 1. The Kier molecular flexibility index (Phi) is 8.42. The summed E-state index contributed by atoms with van der Waals surface area (Å²) >= 11 is 1.26. The zero-order valence-corrected chi connectivity index (χ0v) is 21.8. The molecule has 0 radical (unpaired) electrons. The van der Waals surface area contributed by atoms with Gasteiger partial charge in [0.15, 0.2) is 22.5 Å². The predicted molar refractivity (Wildman–Crippen MR) is 144 cm³/mol. The minimum Gasteiger partial charge on any atom is -0.493 e. The van der Waals surface area contributed by atoms with E-state index in [-0.39, 0.29) is 11.7 Å². The molecule has 1 heterocycles. The first-order valence-corrected chi connectivity index (χ1v) is 12.3. The van der Waals surface area contributed by atoms with E-state index in [4.69, 9.17) is 14.2 Å². The number of methoxy groups -OCH3 is 3. The minimum atomic E-state index is -0.259. The Hall–Kier alpha value is -4.31. The van der Waals surface area contributed by atoms with Gasteiger partial charge in [-0.2, -0.15) is 5.10 Å². The van der Waals surface area contributed by atoms with Crippen LogP contribution in [0.2, 0.25) is 0 Å². The van der Waals surface area contributed by atoms with E-state index in [9.17, 15) is 4.79 Å². The number of nitrogens with zero attached hydrogens (tertiary/aromatic N) is 4. The standard InChI is InChI=1S/C27H27N5O4S/c1-18-10-12-19(13-11-18)16-28-29-24(33)17-37-27-31-30-26(32(27)21-8-6-5-7-9-21)20-14-22(34-2)25(36-4)23(15-20)35-3/h5-16H,17H2,1-4H3,(H,29,33)/b28-16-. The zero-order valence-electron chi connectivity index (χ0n) is 21.0. The van der Waals surface area contributed by atoms with Crippen LogP contribution in [-0.4, -0.2) is 54.0 Å². The van der Waals surface area contributed by atoms with E-state index in [1.165, 1.54) is 11.8 Å². The molecule has 0 aliphatic rings. The Morgan fingerprint density at radius 3 is 2.27 bits per heavy atom. The fourth-order valence-corrected chi connectivity index (χ4v) is 4.31. The van der Waals surface area contributed by atoms with Crippen molar-refractivity contribution in [2.75, 3.05) is 27.1 Å². The number of nitrogens with one attached hydrogen (secondary N) is 1. The third-order valence-corrected chi connectivity index (χ3v) is 6.31. The number of amides is 1. The first-order chi connectivity index (χ1) is 18.0. The van der Waals surface area contributed by atoms with Gasteiger partial charge in [-0.25, -0.2) is 5.43 Å². The third-order valence-electron chi connectivity index (χ3n) is 5.38. The molecule has 0 bridgehead atoms. The zero-order chi connectivity index (χ0) is 26.2. The van der Waals surface area contributed by atoms with E-state index < -0.39 is 0 Å². The van der Waals surface area contributed by atoms with Gasteiger partial charge in [0.1, 0.15) is 0 Å². The Bertz CT molecular complexity index is 1360. The molecule has 37 heavy (non-hydrogen) atoms. The molecule has 0 spiro atoms. The van der Waals surface area contributed by atoms with Gasteiger partial charge in [0, 0.05) is 11.3 Å². The van der Waals surface area contributed by atoms with Gasteiger partial charge >= 0.3 is 0 Å². The second-order valence-corrected chi connectivity index (χ2v) is 8.83. The van der Waals surface area contributed by atoms with Crippen LogP contribution in [0.15, 0.2) is 77.0 Å². The van der Waals surface area contributed by atoms with E-state index in [2.05, 4.69) is 20.7 Å².